The van der Waals surface area contributed by atoms with Gasteiger partial charge in [0.05, 0.1) is 0 Å². The molecule has 1 heterocycles. The third-order valence-electron chi connectivity index (χ3n) is 0.889. The highest BCUT2D eigenvalue weighted by Gasteiger charge is 2.09. The molecule has 1 aliphatic heterocycles. The van der Waals surface area contributed by atoms with Crippen LogP contribution >= 0.6 is 11.1 Å². The Morgan fingerprint density at radius 3 is 2.67 bits per heavy atom. The summed E-state index contributed by atoms with van der Waals surface area (Å²) in [5.41, 5.74) is 0. The van der Waals surface area contributed by atoms with Crippen LogP contribution in [-0.2, 0) is 0 Å². The van der Waals surface area contributed by atoms with Gasteiger partial charge in [-0.3, -0.25) is 0 Å². The van der Waals surface area contributed by atoms with E-state index < -0.39 is 11.1 Å². The second kappa shape index (κ2) is 2.54. The van der Waals surface area contributed by atoms with Crippen LogP contribution in [0.15, 0.2) is 32.3 Å². The molecular weight excluding hydrogens is 140 g/mol. The molecule has 1 rings (SSSR count). The lowest BCUT2D eigenvalue weighted by Crippen LogP contribution is -1.66. The molecule has 0 bridgehead atoms. The van der Waals surface area contributed by atoms with E-state index in [-0.39, 0.29) is 5.03 Å². The molecule has 0 radical (unpaired) electrons. The zero-order valence-electron chi connectivity index (χ0n) is 4.39. The van der Waals surface area contributed by atoms with Crippen LogP contribution in [0.25, 0.3) is 0 Å². The van der Waals surface area contributed by atoms with Gasteiger partial charge < -0.3 is 0 Å². The highest BCUT2D eigenvalue weighted by molar-refractivity contribution is 8.21. The van der Waals surface area contributed by atoms with E-state index in [1.807, 2.05) is 0 Å². The summed E-state index contributed by atoms with van der Waals surface area (Å²) in [6.07, 6.45) is 3.12. The molecule has 0 aliphatic carbocycles. The lowest BCUT2D eigenvalue weighted by molar-refractivity contribution is 1.49. The highest BCUT2D eigenvalue weighted by atomic mass is 32.2. The maximum Gasteiger partial charge on any atom is 0.146 e. The quantitative estimate of drug-likeness (QED) is 0.474. The zero-order valence-corrected chi connectivity index (χ0v) is 5.28. The van der Waals surface area contributed by atoms with Crippen molar-refractivity contribution in [2.45, 2.75) is 0 Å². The molecule has 4 nitrogen and oxygen atoms in total. The molecule has 0 aromatic rings. The van der Waals surface area contributed by atoms with Crippen LogP contribution in [-0.4, -0.2) is 0 Å². The first-order valence-corrected chi connectivity index (χ1v) is 3.59. The van der Waals surface area contributed by atoms with Gasteiger partial charge in [-0.1, -0.05) is 6.08 Å². The maximum atomic E-state index is 9.86. The standard InChI is InChI=1S/C4H4N2O2S/c7-5-4-2-1-3-9(4)6-8/h1-3,9H. The number of thiol groups is 1. The topological polar surface area (TPSA) is 58.9 Å². The Kier molecular flexibility index (Phi) is 1.74. The van der Waals surface area contributed by atoms with Crippen molar-refractivity contribution >= 4 is 11.1 Å². The van der Waals surface area contributed by atoms with Gasteiger partial charge in [0.1, 0.15) is 5.03 Å². The minimum Gasteiger partial charge on any atom is -0.144 e. The van der Waals surface area contributed by atoms with E-state index >= 15 is 0 Å². The molecule has 0 fully saturated rings. The molecule has 0 saturated carbocycles. The third kappa shape index (κ3) is 1.05. The first-order valence-electron chi connectivity index (χ1n) is 2.23. The predicted octanol–water partition coefficient (Wildman–Crippen LogP) is 1.80. The van der Waals surface area contributed by atoms with E-state index in [1.165, 1.54) is 6.08 Å². The lowest BCUT2D eigenvalue weighted by atomic mass is 10.6. The second-order valence-electron chi connectivity index (χ2n) is 1.38. The van der Waals surface area contributed by atoms with E-state index in [1.54, 1.807) is 11.5 Å². The molecule has 5 heteroatoms. The summed E-state index contributed by atoms with van der Waals surface area (Å²) in [6, 6.07) is 0. The van der Waals surface area contributed by atoms with Crippen molar-refractivity contribution in [3.63, 3.8) is 0 Å². The molecule has 0 aromatic carbocycles. The van der Waals surface area contributed by atoms with Crippen molar-refractivity contribution in [1.82, 2.24) is 0 Å². The molecule has 0 amide bonds. The van der Waals surface area contributed by atoms with Crippen LogP contribution in [0, 0.1) is 9.81 Å². The Labute approximate surface area is 54.1 Å². The number of allylic oxidation sites excluding steroid dienone is 2. The monoisotopic (exact) mass is 144 g/mol. The average Bonchev–Trinajstić information content (AvgIpc) is 2.33. The molecule has 1 atom stereocenters. The van der Waals surface area contributed by atoms with Crippen molar-refractivity contribution in [1.29, 1.82) is 0 Å². The van der Waals surface area contributed by atoms with E-state index in [0.29, 0.717) is 0 Å². The molecule has 0 aromatic heterocycles. The van der Waals surface area contributed by atoms with Gasteiger partial charge in [0, 0.05) is 0 Å². The predicted molar refractivity (Wildman–Crippen MR) is 37.8 cm³/mol. The molecule has 1 unspecified atom stereocenters. The Balaban J connectivity index is 2.76. The fourth-order valence-corrected chi connectivity index (χ4v) is 1.37. The molecular formula is C4H4N2O2S. The van der Waals surface area contributed by atoms with Gasteiger partial charge >= 0.3 is 0 Å². The summed E-state index contributed by atoms with van der Waals surface area (Å²) in [4.78, 5) is 19.7. The molecule has 1 aliphatic rings. The van der Waals surface area contributed by atoms with Gasteiger partial charge in [-0.2, -0.15) is 0 Å². The van der Waals surface area contributed by atoms with E-state index in [0.717, 1.165) is 0 Å². The fourth-order valence-electron chi connectivity index (χ4n) is 0.505. The van der Waals surface area contributed by atoms with E-state index in [9.17, 15) is 9.81 Å². The van der Waals surface area contributed by atoms with Crippen LogP contribution in [0.3, 0.4) is 0 Å². The summed E-state index contributed by atoms with van der Waals surface area (Å²) in [7, 11) is 0. The first-order chi connectivity index (χ1) is 4.38. The molecule has 48 valence electrons. The normalized spacial score (nSPS) is 27.6. The average molecular weight is 144 g/mol. The third-order valence-corrected chi connectivity index (χ3v) is 2.22. The SMILES string of the molecule is O=NC1=CC=C[SH]1N=O. The summed E-state index contributed by atoms with van der Waals surface area (Å²) in [5.74, 6) is 0. The Bertz CT molecular complexity index is 199. The number of hydrogen-bond donors (Lipinski definition) is 1. The summed E-state index contributed by atoms with van der Waals surface area (Å²) in [6.45, 7) is 0. The number of nitroso groups, excluding NO2 is 2. The number of nitrogens with zero attached hydrogens (tertiary/aromatic N) is 2. The lowest BCUT2D eigenvalue weighted by Gasteiger charge is -1.96. The van der Waals surface area contributed by atoms with E-state index in [4.69, 9.17) is 0 Å². The first kappa shape index (κ1) is 6.15. The maximum absolute atomic E-state index is 9.86. The van der Waals surface area contributed by atoms with Gasteiger partial charge in [-0.25, -0.2) is 0 Å². The van der Waals surface area contributed by atoms with Crippen LogP contribution in [0.5, 0.6) is 0 Å². The summed E-state index contributed by atoms with van der Waals surface area (Å²) < 4.78 is 2.71. The fraction of sp³-hybridized carbons (Fsp3) is 0. The van der Waals surface area contributed by atoms with Crippen LogP contribution in [0.2, 0.25) is 0 Å². The van der Waals surface area contributed by atoms with Gasteiger partial charge in [0.2, 0.25) is 0 Å². The van der Waals surface area contributed by atoms with Crippen LogP contribution < -0.4 is 0 Å². The highest BCUT2D eigenvalue weighted by Crippen LogP contribution is 2.42. The molecule has 9 heavy (non-hydrogen) atoms. The van der Waals surface area contributed by atoms with Crippen molar-refractivity contribution in [3.8, 4) is 0 Å². The summed E-state index contributed by atoms with van der Waals surface area (Å²) in [5, 5.41) is 4.46. The van der Waals surface area contributed by atoms with Gasteiger partial charge in [0.25, 0.3) is 0 Å². The smallest absolute Gasteiger partial charge is 0.144 e. The second-order valence-corrected chi connectivity index (χ2v) is 2.99. The summed E-state index contributed by atoms with van der Waals surface area (Å²) >= 11 is -1.24. The Hall–Kier alpha value is -0.970. The zero-order chi connectivity index (χ0) is 6.69. The van der Waals surface area contributed by atoms with Gasteiger partial charge in [0.15, 0.2) is 0 Å². The van der Waals surface area contributed by atoms with Crippen molar-refractivity contribution < 1.29 is 0 Å². The van der Waals surface area contributed by atoms with Crippen LogP contribution in [0.4, 0.5) is 0 Å². The Morgan fingerprint density at radius 2 is 2.22 bits per heavy atom. The number of rotatable bonds is 2. The molecule has 0 spiro atoms. The van der Waals surface area contributed by atoms with Gasteiger partial charge in [-0.05, 0) is 32.3 Å². The van der Waals surface area contributed by atoms with Gasteiger partial charge in [-0.15, -0.1) is 9.81 Å². The van der Waals surface area contributed by atoms with Crippen molar-refractivity contribution in [2.24, 2.45) is 9.76 Å². The van der Waals surface area contributed by atoms with Crippen molar-refractivity contribution in [2.75, 3.05) is 0 Å². The Morgan fingerprint density at radius 1 is 1.44 bits per heavy atom. The van der Waals surface area contributed by atoms with Crippen molar-refractivity contribution in [3.05, 3.63) is 32.4 Å². The largest absolute Gasteiger partial charge is 0.146 e. The molecule has 0 saturated heterocycles. The van der Waals surface area contributed by atoms with E-state index in [2.05, 4.69) is 9.76 Å². The minimum atomic E-state index is -1.24. The molecule has 0 N–H and O–H groups in total. The van der Waals surface area contributed by atoms with Crippen LogP contribution in [0.1, 0.15) is 0 Å². The minimum absolute atomic E-state index is 0.250. The number of hydrogen-bond acceptors (Lipinski definition) is 4.